The predicted octanol–water partition coefficient (Wildman–Crippen LogP) is 11.7. The second kappa shape index (κ2) is 46.6. The van der Waals surface area contributed by atoms with Crippen molar-refractivity contribution in [1.82, 2.24) is 0 Å². The molecule has 0 spiro atoms. The lowest BCUT2D eigenvalue weighted by Crippen LogP contribution is -2.25. The fourth-order valence-corrected chi connectivity index (χ4v) is 7.79. The molecule has 0 rings (SSSR count). The third-order valence-corrected chi connectivity index (χ3v) is 12.0. The number of aliphatic hydroxyl groups is 3. The van der Waals surface area contributed by atoms with Crippen LogP contribution in [0.2, 0.25) is 0 Å². The van der Waals surface area contributed by atoms with Crippen molar-refractivity contribution in [1.29, 1.82) is 0 Å². The first kappa shape index (κ1) is 65.2. The minimum Gasteiger partial charge on any atom is -0.463 e. The number of hydrogen-bond acceptors (Lipinski definition) is 13. The molecule has 5 atom stereocenters. The molecule has 0 aromatic rings. The molecule has 5 unspecified atom stereocenters. The first-order valence-electron chi connectivity index (χ1n) is 25.0. The number of allylic oxidation sites excluding steroid dienone is 14. The van der Waals surface area contributed by atoms with E-state index >= 15 is 0 Å². The Kier molecular flexibility index (Phi) is 44.7. The van der Waals surface area contributed by atoms with Crippen LogP contribution >= 0.6 is 15.6 Å². The highest BCUT2D eigenvalue weighted by atomic mass is 31.2. The van der Waals surface area contributed by atoms with Gasteiger partial charge in [0, 0.05) is 12.8 Å². The maximum absolute atomic E-state index is 12.2. The van der Waals surface area contributed by atoms with Gasteiger partial charge in [-0.3, -0.25) is 27.7 Å². The van der Waals surface area contributed by atoms with E-state index in [0.29, 0.717) is 12.8 Å². The van der Waals surface area contributed by atoms with Crippen LogP contribution in [0.3, 0.4) is 0 Å². The third-order valence-electron chi connectivity index (χ3n) is 10.1. The average molecular weight is 1000 g/mol. The van der Waals surface area contributed by atoms with E-state index < -0.39 is 85.5 Å². The van der Waals surface area contributed by atoms with Crippen molar-refractivity contribution in [2.45, 2.75) is 186 Å². The van der Waals surface area contributed by atoms with Gasteiger partial charge in [0.2, 0.25) is 0 Å². The summed E-state index contributed by atoms with van der Waals surface area (Å²) in [7, 11) is -9.60. The maximum Gasteiger partial charge on any atom is 0.472 e. The molecule has 68 heavy (non-hydrogen) atoms. The molecule has 392 valence electrons. The predicted molar refractivity (Wildman–Crippen MR) is 270 cm³/mol. The highest BCUT2D eigenvalue weighted by Crippen LogP contribution is 2.45. The number of rotatable bonds is 47. The SMILES string of the molecule is CC/C=C/C=C/C=C\C=C\C=C\C=C\C=C\CCCCCC(=O)OCC(O)COP(=O)(O)OCC(O)COP(=O)(O)OCC(O)COC(=O)CCCCCCCCCCCCCCCCCCC. The Balaban J connectivity index is 3.94. The van der Waals surface area contributed by atoms with Crippen LogP contribution in [-0.4, -0.2) is 95.0 Å². The summed E-state index contributed by atoms with van der Waals surface area (Å²) in [4.78, 5) is 43.8. The summed E-state index contributed by atoms with van der Waals surface area (Å²) in [6.45, 7) is 0.220. The van der Waals surface area contributed by atoms with Crippen molar-refractivity contribution < 1.29 is 71.4 Å². The normalized spacial score (nSPS) is 15.7. The van der Waals surface area contributed by atoms with Crippen LogP contribution in [-0.2, 0) is 46.3 Å². The quantitative estimate of drug-likeness (QED) is 0.0165. The molecule has 0 saturated carbocycles. The Morgan fingerprint density at radius 3 is 1.01 bits per heavy atom. The number of phosphoric ester groups is 2. The zero-order valence-electron chi connectivity index (χ0n) is 41.2. The largest absolute Gasteiger partial charge is 0.472 e. The molecule has 0 aromatic heterocycles. The minimum atomic E-state index is -4.80. The number of hydrogen-bond donors (Lipinski definition) is 5. The zero-order valence-corrected chi connectivity index (χ0v) is 43.0. The lowest BCUT2D eigenvalue weighted by molar-refractivity contribution is -0.148. The third kappa shape index (κ3) is 48.3. The molecule has 0 bridgehead atoms. The van der Waals surface area contributed by atoms with Crippen LogP contribution in [0.1, 0.15) is 168 Å². The monoisotopic (exact) mass is 1000 g/mol. The van der Waals surface area contributed by atoms with Gasteiger partial charge in [0.15, 0.2) is 0 Å². The van der Waals surface area contributed by atoms with Gasteiger partial charge in [0.1, 0.15) is 31.5 Å². The lowest BCUT2D eigenvalue weighted by Gasteiger charge is -2.19. The Morgan fingerprint density at radius 2 is 0.676 bits per heavy atom. The molecular formula is C51H88O15P2. The van der Waals surface area contributed by atoms with E-state index in [1.165, 1.54) is 83.5 Å². The average Bonchev–Trinajstić information content (AvgIpc) is 3.31. The Bertz CT molecular complexity index is 1540. The first-order chi connectivity index (χ1) is 32.8. The van der Waals surface area contributed by atoms with Crippen LogP contribution < -0.4 is 0 Å². The van der Waals surface area contributed by atoms with Crippen LogP contribution in [0.15, 0.2) is 85.1 Å². The van der Waals surface area contributed by atoms with Gasteiger partial charge in [-0.1, -0.05) is 208 Å². The summed E-state index contributed by atoms with van der Waals surface area (Å²) in [6, 6.07) is 0. The standard InChI is InChI=1S/C51H88O15P2/c1-3-5-7-9-11-13-15-17-19-21-22-24-26-28-30-32-34-36-38-40-51(56)62-42-48(53)44-64-68(59,60)66-46-49(54)45-65-67(57,58)63-43-47(52)41-61-50(55)39-37-35-33-31-29-27-25-23-20-18-16-14-12-10-8-6-4-2/h5,7,9,11,13,15,17,19,21-22,24,26,28,30,47-49,52-54H,3-4,6,8,10,12,14,16,18,20,23,25,27,29,31-46H2,1-2H3,(H,57,58)(H,59,60)/b7-5+,11-9+,15-13-,19-17+,22-21+,26-24+,30-28+. The molecule has 15 nitrogen and oxygen atoms in total. The van der Waals surface area contributed by atoms with Gasteiger partial charge >= 0.3 is 27.6 Å². The van der Waals surface area contributed by atoms with E-state index in [4.69, 9.17) is 9.47 Å². The number of unbranched alkanes of at least 4 members (excludes halogenated alkanes) is 19. The molecule has 0 fully saturated rings. The Hall–Kier alpha value is -2.78. The molecule has 0 radical (unpaired) electrons. The van der Waals surface area contributed by atoms with E-state index in [0.717, 1.165) is 44.9 Å². The van der Waals surface area contributed by atoms with Gasteiger partial charge in [-0.2, -0.15) is 0 Å². The summed E-state index contributed by atoms with van der Waals surface area (Å²) in [5.41, 5.74) is 0. The molecule has 0 amide bonds. The molecule has 0 saturated heterocycles. The molecule has 5 N–H and O–H groups in total. The van der Waals surface area contributed by atoms with Crippen molar-refractivity contribution >= 4 is 27.6 Å². The fourth-order valence-electron chi connectivity index (χ4n) is 6.20. The summed E-state index contributed by atoms with van der Waals surface area (Å²) in [5, 5.41) is 30.1. The van der Waals surface area contributed by atoms with Crippen molar-refractivity contribution in [3.63, 3.8) is 0 Å². The number of aliphatic hydroxyl groups excluding tert-OH is 3. The molecule has 0 aliphatic rings. The van der Waals surface area contributed by atoms with Gasteiger partial charge in [-0.15, -0.1) is 0 Å². The summed E-state index contributed by atoms with van der Waals surface area (Å²) in [6.07, 6.45) is 48.5. The molecule has 0 aliphatic heterocycles. The number of phosphoric acid groups is 2. The van der Waals surface area contributed by atoms with Gasteiger partial charge < -0.3 is 34.6 Å². The lowest BCUT2D eigenvalue weighted by atomic mass is 10.0. The molecule has 0 aromatic carbocycles. The summed E-state index contributed by atoms with van der Waals surface area (Å²) < 4.78 is 53.0. The molecule has 0 aliphatic carbocycles. The van der Waals surface area contributed by atoms with Crippen molar-refractivity contribution in [3.05, 3.63) is 85.1 Å². The van der Waals surface area contributed by atoms with E-state index in [-0.39, 0.29) is 12.8 Å². The van der Waals surface area contributed by atoms with Gasteiger partial charge in [-0.05, 0) is 32.1 Å². The van der Waals surface area contributed by atoms with Crippen molar-refractivity contribution in [2.24, 2.45) is 0 Å². The van der Waals surface area contributed by atoms with Crippen molar-refractivity contribution in [3.8, 4) is 0 Å². The Morgan fingerprint density at radius 1 is 0.397 bits per heavy atom. The van der Waals surface area contributed by atoms with Crippen molar-refractivity contribution in [2.75, 3.05) is 39.6 Å². The number of esters is 2. The molecule has 17 heteroatoms. The summed E-state index contributed by atoms with van der Waals surface area (Å²) in [5.74, 6) is -1.04. The Labute approximate surface area is 408 Å². The fraction of sp³-hybridized carbons (Fsp3) is 0.686. The van der Waals surface area contributed by atoms with Crippen LogP contribution in [0.5, 0.6) is 0 Å². The van der Waals surface area contributed by atoms with Crippen LogP contribution in [0.25, 0.3) is 0 Å². The van der Waals surface area contributed by atoms with Gasteiger partial charge in [0.25, 0.3) is 0 Å². The highest BCUT2D eigenvalue weighted by molar-refractivity contribution is 7.47. The smallest absolute Gasteiger partial charge is 0.463 e. The van der Waals surface area contributed by atoms with Gasteiger partial charge in [0.05, 0.1) is 26.4 Å². The van der Waals surface area contributed by atoms with E-state index in [1.54, 1.807) is 0 Å². The number of carbonyl (C=O) groups is 2. The second-order valence-electron chi connectivity index (χ2n) is 16.6. The number of carbonyl (C=O) groups excluding carboxylic acids is 2. The first-order valence-corrected chi connectivity index (χ1v) is 28.0. The highest BCUT2D eigenvalue weighted by Gasteiger charge is 2.28. The zero-order chi connectivity index (χ0) is 50.2. The molecular weight excluding hydrogens is 914 g/mol. The number of ether oxygens (including phenoxy) is 2. The molecule has 0 heterocycles. The second-order valence-corrected chi connectivity index (χ2v) is 19.5. The van der Waals surface area contributed by atoms with Crippen LogP contribution in [0.4, 0.5) is 0 Å². The minimum absolute atomic E-state index is 0.139. The van der Waals surface area contributed by atoms with Gasteiger partial charge in [-0.25, -0.2) is 9.13 Å². The summed E-state index contributed by atoms with van der Waals surface area (Å²) >= 11 is 0. The maximum atomic E-state index is 12.2. The van der Waals surface area contributed by atoms with E-state index in [9.17, 15) is 43.8 Å². The van der Waals surface area contributed by atoms with Crippen LogP contribution in [0, 0.1) is 0 Å². The van der Waals surface area contributed by atoms with E-state index in [2.05, 4.69) is 38.0 Å². The topological polar surface area (TPSA) is 225 Å². The van der Waals surface area contributed by atoms with E-state index in [1.807, 2.05) is 79.0 Å².